The van der Waals surface area contributed by atoms with Crippen LogP contribution in [-0.2, 0) is 9.59 Å². The molecule has 2 aliphatic heterocycles. The fourth-order valence-electron chi connectivity index (χ4n) is 4.05. The van der Waals surface area contributed by atoms with Gasteiger partial charge in [0, 0.05) is 36.5 Å². The zero-order chi connectivity index (χ0) is 20.5. The lowest BCUT2D eigenvalue weighted by Crippen LogP contribution is -2.28. The van der Waals surface area contributed by atoms with E-state index in [2.05, 4.69) is 5.32 Å². The van der Waals surface area contributed by atoms with Crippen molar-refractivity contribution in [2.75, 3.05) is 30.0 Å². The molecular formula is C24H22N2O4. The van der Waals surface area contributed by atoms with Crippen molar-refractivity contribution in [2.24, 2.45) is 5.92 Å². The molecule has 6 nitrogen and oxygen atoms in total. The number of fused-ring (bicyclic) bond motifs is 2. The van der Waals surface area contributed by atoms with Crippen LogP contribution in [0.2, 0.25) is 0 Å². The van der Waals surface area contributed by atoms with Gasteiger partial charge in [0.25, 0.3) is 0 Å². The molecule has 0 aliphatic carbocycles. The number of hydrogen-bond acceptors (Lipinski definition) is 4. The SMILES string of the molecule is O=C(Nc1ccc2c(c1)OCCCO2)C1CC(=O)N(c2cccc3ccccc23)C1. The predicted molar refractivity (Wildman–Crippen MR) is 115 cm³/mol. The summed E-state index contributed by atoms with van der Waals surface area (Å²) in [6, 6.07) is 19.2. The van der Waals surface area contributed by atoms with Crippen LogP contribution in [0.3, 0.4) is 0 Å². The molecule has 2 heterocycles. The molecule has 2 amide bonds. The van der Waals surface area contributed by atoms with Crippen molar-refractivity contribution in [3.05, 3.63) is 60.7 Å². The van der Waals surface area contributed by atoms with Gasteiger partial charge in [0.05, 0.1) is 24.8 Å². The van der Waals surface area contributed by atoms with Crippen LogP contribution in [0.5, 0.6) is 11.5 Å². The van der Waals surface area contributed by atoms with Gasteiger partial charge >= 0.3 is 0 Å². The highest BCUT2D eigenvalue weighted by atomic mass is 16.5. The van der Waals surface area contributed by atoms with Gasteiger partial charge in [-0.25, -0.2) is 0 Å². The number of ether oxygens (including phenoxy) is 2. The Labute approximate surface area is 174 Å². The summed E-state index contributed by atoms with van der Waals surface area (Å²) in [6.45, 7) is 1.57. The summed E-state index contributed by atoms with van der Waals surface area (Å²) >= 11 is 0. The van der Waals surface area contributed by atoms with Gasteiger partial charge in [0.2, 0.25) is 11.8 Å². The van der Waals surface area contributed by atoms with Crippen molar-refractivity contribution < 1.29 is 19.1 Å². The Balaban J connectivity index is 1.33. The van der Waals surface area contributed by atoms with Gasteiger partial charge < -0.3 is 19.7 Å². The molecule has 1 fully saturated rings. The molecule has 3 aromatic rings. The third kappa shape index (κ3) is 3.45. The van der Waals surface area contributed by atoms with E-state index >= 15 is 0 Å². The van der Waals surface area contributed by atoms with Gasteiger partial charge in [-0.05, 0) is 23.6 Å². The molecular weight excluding hydrogens is 380 g/mol. The van der Waals surface area contributed by atoms with Crippen LogP contribution < -0.4 is 19.7 Å². The summed E-state index contributed by atoms with van der Waals surface area (Å²) in [4.78, 5) is 27.3. The van der Waals surface area contributed by atoms with E-state index in [1.807, 2.05) is 42.5 Å². The number of hydrogen-bond donors (Lipinski definition) is 1. The van der Waals surface area contributed by atoms with Crippen molar-refractivity contribution in [1.29, 1.82) is 0 Å². The number of benzene rings is 3. The molecule has 5 rings (SSSR count). The highest BCUT2D eigenvalue weighted by Crippen LogP contribution is 2.34. The number of anilines is 2. The second-order valence-electron chi connectivity index (χ2n) is 7.60. The van der Waals surface area contributed by atoms with Crippen LogP contribution in [0.4, 0.5) is 11.4 Å². The Morgan fingerprint density at radius 2 is 1.77 bits per heavy atom. The van der Waals surface area contributed by atoms with Crippen molar-refractivity contribution in [3.8, 4) is 11.5 Å². The van der Waals surface area contributed by atoms with Crippen LogP contribution in [0.1, 0.15) is 12.8 Å². The van der Waals surface area contributed by atoms with Gasteiger partial charge in [-0.15, -0.1) is 0 Å². The van der Waals surface area contributed by atoms with Crippen LogP contribution in [0, 0.1) is 5.92 Å². The first-order chi connectivity index (χ1) is 14.7. The zero-order valence-corrected chi connectivity index (χ0v) is 16.5. The van der Waals surface area contributed by atoms with E-state index in [4.69, 9.17) is 9.47 Å². The standard InChI is InChI=1S/C24H22N2O4/c27-23-13-17(15-26(23)20-8-3-6-16-5-1-2-7-19(16)20)24(28)25-18-9-10-21-22(14-18)30-12-4-11-29-21/h1-3,5-10,14,17H,4,11-13,15H2,(H,25,28). The minimum atomic E-state index is -0.410. The van der Waals surface area contributed by atoms with E-state index < -0.39 is 5.92 Å². The number of nitrogens with zero attached hydrogens (tertiary/aromatic N) is 1. The van der Waals surface area contributed by atoms with Crippen molar-refractivity contribution in [3.63, 3.8) is 0 Å². The van der Waals surface area contributed by atoms with Crippen LogP contribution in [0.15, 0.2) is 60.7 Å². The monoisotopic (exact) mass is 402 g/mol. The van der Waals surface area contributed by atoms with Crippen molar-refractivity contribution in [2.45, 2.75) is 12.8 Å². The Hall–Kier alpha value is -3.54. The average Bonchev–Trinajstić information content (AvgIpc) is 3.00. The fourth-order valence-corrected chi connectivity index (χ4v) is 4.05. The van der Waals surface area contributed by atoms with Gasteiger partial charge in [0.1, 0.15) is 0 Å². The molecule has 3 aromatic carbocycles. The summed E-state index contributed by atoms with van der Waals surface area (Å²) in [7, 11) is 0. The number of rotatable bonds is 3. The number of carbonyl (C=O) groups is 2. The minimum Gasteiger partial charge on any atom is -0.490 e. The number of nitrogens with one attached hydrogen (secondary N) is 1. The number of amides is 2. The molecule has 1 N–H and O–H groups in total. The third-order valence-corrected chi connectivity index (χ3v) is 5.57. The van der Waals surface area contributed by atoms with Crippen molar-refractivity contribution >= 4 is 34.0 Å². The normalized spacial score (nSPS) is 18.3. The fraction of sp³-hybridized carbons (Fsp3) is 0.250. The average molecular weight is 402 g/mol. The summed E-state index contributed by atoms with van der Waals surface area (Å²) < 4.78 is 11.3. The smallest absolute Gasteiger partial charge is 0.229 e. The van der Waals surface area contributed by atoms with Crippen LogP contribution >= 0.6 is 0 Å². The largest absolute Gasteiger partial charge is 0.490 e. The summed E-state index contributed by atoms with van der Waals surface area (Å²) in [5.74, 6) is 0.701. The molecule has 2 aliphatic rings. The molecule has 0 bridgehead atoms. The van der Waals surface area contributed by atoms with E-state index in [1.54, 1.807) is 23.1 Å². The lowest BCUT2D eigenvalue weighted by atomic mass is 10.1. The molecule has 6 heteroatoms. The topological polar surface area (TPSA) is 67.9 Å². The van der Waals surface area contributed by atoms with E-state index in [0.29, 0.717) is 36.9 Å². The van der Waals surface area contributed by atoms with Crippen LogP contribution in [-0.4, -0.2) is 31.6 Å². The maximum atomic E-state index is 12.9. The first kappa shape index (κ1) is 18.5. The maximum Gasteiger partial charge on any atom is 0.229 e. The van der Waals surface area contributed by atoms with Crippen LogP contribution in [0.25, 0.3) is 10.8 Å². The molecule has 1 unspecified atom stereocenters. The summed E-state index contributed by atoms with van der Waals surface area (Å²) in [6.07, 6.45) is 1.02. The molecule has 0 spiro atoms. The molecule has 30 heavy (non-hydrogen) atoms. The van der Waals surface area contributed by atoms with E-state index in [-0.39, 0.29) is 18.2 Å². The molecule has 1 atom stereocenters. The summed E-state index contributed by atoms with van der Waals surface area (Å²) in [5, 5.41) is 5.01. The third-order valence-electron chi connectivity index (χ3n) is 5.57. The first-order valence-corrected chi connectivity index (χ1v) is 10.2. The molecule has 0 radical (unpaired) electrons. The van der Waals surface area contributed by atoms with Gasteiger partial charge in [-0.1, -0.05) is 36.4 Å². The zero-order valence-electron chi connectivity index (χ0n) is 16.5. The highest BCUT2D eigenvalue weighted by molar-refractivity contribution is 6.08. The lowest BCUT2D eigenvalue weighted by molar-refractivity contribution is -0.122. The predicted octanol–water partition coefficient (Wildman–Crippen LogP) is 3.99. The van der Waals surface area contributed by atoms with Crippen molar-refractivity contribution in [1.82, 2.24) is 0 Å². The van der Waals surface area contributed by atoms with Gasteiger partial charge in [-0.2, -0.15) is 0 Å². The van der Waals surface area contributed by atoms with E-state index in [0.717, 1.165) is 22.9 Å². The molecule has 1 saturated heterocycles. The van der Waals surface area contributed by atoms with Gasteiger partial charge in [-0.3, -0.25) is 9.59 Å². The Bertz CT molecular complexity index is 1120. The molecule has 152 valence electrons. The molecule has 0 aromatic heterocycles. The Morgan fingerprint density at radius 1 is 0.967 bits per heavy atom. The Kier molecular flexibility index (Phi) is 4.75. The molecule has 0 saturated carbocycles. The van der Waals surface area contributed by atoms with E-state index in [9.17, 15) is 9.59 Å². The Morgan fingerprint density at radius 3 is 2.67 bits per heavy atom. The van der Waals surface area contributed by atoms with E-state index in [1.165, 1.54) is 0 Å². The maximum absolute atomic E-state index is 12.9. The second kappa shape index (κ2) is 7.71. The minimum absolute atomic E-state index is 0.0369. The lowest BCUT2D eigenvalue weighted by Gasteiger charge is -2.19. The first-order valence-electron chi connectivity index (χ1n) is 10.2. The summed E-state index contributed by atoms with van der Waals surface area (Å²) in [5.41, 5.74) is 1.49. The second-order valence-corrected chi connectivity index (χ2v) is 7.60. The highest BCUT2D eigenvalue weighted by Gasteiger charge is 2.35. The van der Waals surface area contributed by atoms with Gasteiger partial charge in [0.15, 0.2) is 11.5 Å². The number of carbonyl (C=O) groups excluding carboxylic acids is 2. The quantitative estimate of drug-likeness (QED) is 0.719.